The van der Waals surface area contributed by atoms with Gasteiger partial charge in [0.25, 0.3) is 0 Å². The molecule has 2 rings (SSSR count). The molecule has 1 aromatic carbocycles. The zero-order valence-electron chi connectivity index (χ0n) is 10.5. The molecule has 0 spiro atoms. The van der Waals surface area contributed by atoms with Gasteiger partial charge in [0, 0.05) is 0 Å². The van der Waals surface area contributed by atoms with E-state index < -0.39 is 0 Å². The number of hydrogen-bond acceptors (Lipinski definition) is 2. The first-order chi connectivity index (χ1) is 7.65. The predicted octanol–water partition coefficient (Wildman–Crippen LogP) is 2.82. The van der Waals surface area contributed by atoms with Crippen molar-refractivity contribution in [2.24, 2.45) is 0 Å². The minimum Gasteiger partial charge on any atom is -0.306 e. The molecule has 0 N–H and O–H groups in total. The van der Waals surface area contributed by atoms with Gasteiger partial charge < -0.3 is 4.90 Å². The Bertz CT molecular complexity index is 369. The molecular weight excluding hydrogens is 278 g/mol. The molecule has 0 bridgehead atoms. The number of carbonyl (C=O) groups is 1. The van der Waals surface area contributed by atoms with E-state index in [0.717, 1.165) is 25.9 Å². The number of rotatable bonds is 2. The Morgan fingerprint density at radius 1 is 1.18 bits per heavy atom. The third kappa shape index (κ3) is 2.78. The van der Waals surface area contributed by atoms with Crippen LogP contribution in [0.15, 0.2) is 30.3 Å². The van der Waals surface area contributed by atoms with Gasteiger partial charge in [-0.15, -0.1) is 17.0 Å². The van der Waals surface area contributed by atoms with Crippen LogP contribution in [0, 0.1) is 0 Å². The van der Waals surface area contributed by atoms with Crippen molar-refractivity contribution in [3.05, 3.63) is 35.9 Å². The molecule has 94 valence electrons. The maximum Gasteiger partial charge on any atom is 0.140 e. The van der Waals surface area contributed by atoms with Crippen molar-refractivity contribution in [3.63, 3.8) is 0 Å². The van der Waals surface area contributed by atoms with E-state index in [-0.39, 0.29) is 22.4 Å². The van der Waals surface area contributed by atoms with Gasteiger partial charge >= 0.3 is 0 Å². The lowest BCUT2D eigenvalue weighted by Crippen LogP contribution is -2.45. The average molecular weight is 298 g/mol. The molecule has 17 heavy (non-hydrogen) atoms. The Labute approximate surface area is 114 Å². The highest BCUT2D eigenvalue weighted by atomic mass is 79.9. The maximum atomic E-state index is 12.0. The molecule has 0 amide bonds. The highest BCUT2D eigenvalue weighted by Gasteiger charge is 2.39. The monoisotopic (exact) mass is 297 g/mol. The highest BCUT2D eigenvalue weighted by molar-refractivity contribution is 8.93. The van der Waals surface area contributed by atoms with Crippen molar-refractivity contribution in [2.75, 3.05) is 20.1 Å². The average Bonchev–Trinajstić information content (AvgIpc) is 2.31. The van der Waals surface area contributed by atoms with E-state index in [9.17, 15) is 4.79 Å². The topological polar surface area (TPSA) is 20.3 Å². The van der Waals surface area contributed by atoms with Crippen LogP contribution < -0.4 is 0 Å². The van der Waals surface area contributed by atoms with E-state index in [1.165, 1.54) is 5.56 Å². The Kier molecular flexibility index (Phi) is 4.90. The van der Waals surface area contributed by atoms with Crippen molar-refractivity contribution in [3.8, 4) is 0 Å². The van der Waals surface area contributed by atoms with E-state index in [1.54, 1.807) is 6.92 Å². The third-order valence-electron chi connectivity index (χ3n) is 3.84. The molecule has 0 aliphatic carbocycles. The number of nitrogens with zero attached hydrogens (tertiary/aromatic N) is 1. The Morgan fingerprint density at radius 3 is 2.18 bits per heavy atom. The Morgan fingerprint density at radius 2 is 1.71 bits per heavy atom. The van der Waals surface area contributed by atoms with E-state index in [1.807, 2.05) is 18.2 Å². The van der Waals surface area contributed by atoms with E-state index >= 15 is 0 Å². The second-order valence-corrected chi connectivity index (χ2v) is 4.81. The summed E-state index contributed by atoms with van der Waals surface area (Å²) < 4.78 is 0. The van der Waals surface area contributed by atoms with Gasteiger partial charge in [0.05, 0.1) is 5.41 Å². The first-order valence-electron chi connectivity index (χ1n) is 5.90. The Hall–Kier alpha value is -0.670. The van der Waals surface area contributed by atoms with Crippen LogP contribution in [0.1, 0.15) is 25.3 Å². The number of carbonyl (C=O) groups excluding carboxylic acids is 1. The number of ketones is 1. The number of benzene rings is 1. The molecule has 1 saturated heterocycles. The molecule has 0 atom stereocenters. The SMILES string of the molecule is Br.CC(=O)C1(c2ccccc2)CCN(C)CC1. The first kappa shape index (κ1) is 14.4. The first-order valence-corrected chi connectivity index (χ1v) is 5.90. The molecule has 1 aliphatic rings. The van der Waals surface area contributed by atoms with Gasteiger partial charge in [-0.05, 0) is 45.5 Å². The molecule has 1 heterocycles. The van der Waals surface area contributed by atoms with Crippen LogP contribution in [0.5, 0.6) is 0 Å². The molecule has 0 radical (unpaired) electrons. The molecule has 2 nitrogen and oxygen atoms in total. The summed E-state index contributed by atoms with van der Waals surface area (Å²) in [6.45, 7) is 3.75. The zero-order valence-corrected chi connectivity index (χ0v) is 12.2. The van der Waals surface area contributed by atoms with Crippen molar-refractivity contribution < 1.29 is 4.79 Å². The van der Waals surface area contributed by atoms with Crippen LogP contribution in [0.25, 0.3) is 0 Å². The van der Waals surface area contributed by atoms with Crippen LogP contribution in [0.3, 0.4) is 0 Å². The third-order valence-corrected chi connectivity index (χ3v) is 3.84. The molecule has 0 unspecified atom stereocenters. The summed E-state index contributed by atoms with van der Waals surface area (Å²) in [6.07, 6.45) is 1.89. The maximum absolute atomic E-state index is 12.0. The zero-order chi connectivity index (χ0) is 11.6. The molecular formula is C14H20BrNO. The van der Waals surface area contributed by atoms with Crippen molar-refractivity contribution in [1.82, 2.24) is 4.90 Å². The van der Waals surface area contributed by atoms with Crippen LogP contribution in [0.4, 0.5) is 0 Å². The largest absolute Gasteiger partial charge is 0.306 e. The molecule has 0 aromatic heterocycles. The van der Waals surface area contributed by atoms with Gasteiger partial charge in [0.1, 0.15) is 5.78 Å². The van der Waals surface area contributed by atoms with Gasteiger partial charge in [0.2, 0.25) is 0 Å². The lowest BCUT2D eigenvalue weighted by atomic mass is 9.70. The molecule has 0 saturated carbocycles. The number of halogens is 1. The Balaban J connectivity index is 0.00000144. The van der Waals surface area contributed by atoms with E-state index in [2.05, 4.69) is 24.1 Å². The smallest absolute Gasteiger partial charge is 0.140 e. The number of piperidine rings is 1. The summed E-state index contributed by atoms with van der Waals surface area (Å²) >= 11 is 0. The lowest BCUT2D eigenvalue weighted by Gasteiger charge is -2.39. The molecule has 3 heteroatoms. The minimum atomic E-state index is -0.228. The highest BCUT2D eigenvalue weighted by Crippen LogP contribution is 2.35. The van der Waals surface area contributed by atoms with Crippen LogP contribution >= 0.6 is 17.0 Å². The standard InChI is InChI=1S/C14H19NO.BrH/c1-12(16)14(8-10-15(2)11-9-14)13-6-4-3-5-7-13;/h3-7H,8-11H2,1-2H3;1H. The normalized spacial score (nSPS) is 19.4. The summed E-state index contributed by atoms with van der Waals surface area (Å²) in [5.41, 5.74) is 0.962. The minimum absolute atomic E-state index is 0. The summed E-state index contributed by atoms with van der Waals surface area (Å²) in [6, 6.07) is 10.2. The summed E-state index contributed by atoms with van der Waals surface area (Å²) in [5.74, 6) is 0.312. The number of Topliss-reactive ketones (excluding diaryl/α,β-unsaturated/α-hetero) is 1. The van der Waals surface area contributed by atoms with E-state index in [0.29, 0.717) is 5.78 Å². The van der Waals surface area contributed by atoms with Crippen molar-refractivity contribution in [1.29, 1.82) is 0 Å². The van der Waals surface area contributed by atoms with Gasteiger partial charge in [-0.1, -0.05) is 30.3 Å². The fourth-order valence-electron chi connectivity index (χ4n) is 2.60. The second kappa shape index (κ2) is 5.78. The van der Waals surface area contributed by atoms with Crippen LogP contribution in [-0.2, 0) is 10.2 Å². The van der Waals surface area contributed by atoms with Gasteiger partial charge in [0.15, 0.2) is 0 Å². The fraction of sp³-hybridized carbons (Fsp3) is 0.500. The van der Waals surface area contributed by atoms with Gasteiger partial charge in [-0.2, -0.15) is 0 Å². The van der Waals surface area contributed by atoms with Crippen LogP contribution in [0.2, 0.25) is 0 Å². The molecule has 1 aliphatic heterocycles. The second-order valence-electron chi connectivity index (χ2n) is 4.81. The number of likely N-dealkylation sites (tertiary alicyclic amines) is 1. The van der Waals surface area contributed by atoms with Gasteiger partial charge in [-0.25, -0.2) is 0 Å². The lowest BCUT2D eigenvalue weighted by molar-refractivity contribution is -0.124. The predicted molar refractivity (Wildman–Crippen MR) is 75.9 cm³/mol. The quantitative estimate of drug-likeness (QED) is 0.837. The van der Waals surface area contributed by atoms with E-state index in [4.69, 9.17) is 0 Å². The van der Waals surface area contributed by atoms with Crippen LogP contribution in [-0.4, -0.2) is 30.8 Å². The van der Waals surface area contributed by atoms with Crippen molar-refractivity contribution >= 4 is 22.8 Å². The van der Waals surface area contributed by atoms with Gasteiger partial charge in [-0.3, -0.25) is 4.79 Å². The van der Waals surface area contributed by atoms with Crippen molar-refractivity contribution in [2.45, 2.75) is 25.2 Å². The summed E-state index contributed by atoms with van der Waals surface area (Å²) in [7, 11) is 2.12. The molecule has 1 aromatic rings. The molecule has 1 fully saturated rings. The summed E-state index contributed by atoms with van der Waals surface area (Å²) in [5, 5.41) is 0. The fourth-order valence-corrected chi connectivity index (χ4v) is 2.60. The summed E-state index contributed by atoms with van der Waals surface area (Å²) in [4.78, 5) is 14.3. The number of hydrogen-bond donors (Lipinski definition) is 0.